The van der Waals surface area contributed by atoms with Crippen molar-refractivity contribution in [2.24, 2.45) is 0 Å². The van der Waals surface area contributed by atoms with Crippen LogP contribution in [0, 0.1) is 0 Å². The Morgan fingerprint density at radius 2 is 2.07 bits per heavy atom. The van der Waals surface area contributed by atoms with Crippen LogP contribution >= 0.6 is 0 Å². The maximum Gasteiger partial charge on any atom is 0.214 e. The molecule has 0 aromatic carbocycles. The number of hydrogen-bond donors (Lipinski definition) is 2. The van der Waals surface area contributed by atoms with Gasteiger partial charge in [0.15, 0.2) is 9.84 Å². The van der Waals surface area contributed by atoms with Crippen LogP contribution in [0.4, 0.5) is 0 Å². The Morgan fingerprint density at radius 3 is 2.60 bits per heavy atom. The quantitative estimate of drug-likeness (QED) is 0.636. The van der Waals surface area contributed by atoms with Crippen LogP contribution < -0.4 is 4.72 Å². The first-order valence-corrected chi connectivity index (χ1v) is 8.13. The molecule has 2 N–H and O–H groups in total. The summed E-state index contributed by atoms with van der Waals surface area (Å²) in [7, 11) is -6.65. The van der Waals surface area contributed by atoms with Crippen molar-refractivity contribution < 1.29 is 21.9 Å². The average molecular weight is 257 g/mol. The number of sulfone groups is 1. The first kappa shape index (κ1) is 12.9. The molecule has 0 bridgehead atoms. The standard InChI is InChI=1S/C7H15NO5S2/c9-3-5-15(12,13)8-7-2-1-4-14(10,11)6-7/h7-9H,1-6H2. The predicted octanol–water partition coefficient (Wildman–Crippen LogP) is -1.52. The van der Waals surface area contributed by atoms with Crippen LogP contribution in [0.2, 0.25) is 0 Å². The maximum atomic E-state index is 11.2. The highest BCUT2D eigenvalue weighted by atomic mass is 32.2. The molecule has 0 radical (unpaired) electrons. The molecule has 1 atom stereocenters. The van der Waals surface area contributed by atoms with Crippen LogP contribution in [0.3, 0.4) is 0 Å². The third-order valence-corrected chi connectivity index (χ3v) is 5.40. The molecular formula is C7H15NO5S2. The molecule has 8 heteroatoms. The molecule has 1 unspecified atom stereocenters. The summed E-state index contributed by atoms with van der Waals surface area (Å²) in [5.74, 6) is -0.396. The monoisotopic (exact) mass is 257 g/mol. The second kappa shape index (κ2) is 4.77. The molecule has 90 valence electrons. The molecule has 1 aliphatic rings. The number of aliphatic hydroxyl groups excluding tert-OH is 1. The minimum absolute atomic E-state index is 0.130. The zero-order valence-corrected chi connectivity index (χ0v) is 9.85. The van der Waals surface area contributed by atoms with Gasteiger partial charge in [-0.05, 0) is 12.8 Å². The van der Waals surface area contributed by atoms with Crippen LogP contribution in [-0.4, -0.2) is 51.8 Å². The van der Waals surface area contributed by atoms with Gasteiger partial charge in [-0.2, -0.15) is 0 Å². The van der Waals surface area contributed by atoms with Gasteiger partial charge in [0.1, 0.15) is 0 Å². The van der Waals surface area contributed by atoms with E-state index >= 15 is 0 Å². The molecule has 0 amide bonds. The Bertz CT molecular complexity index is 399. The van der Waals surface area contributed by atoms with Crippen molar-refractivity contribution in [3.05, 3.63) is 0 Å². The summed E-state index contributed by atoms with van der Waals surface area (Å²) in [6.45, 7) is -0.463. The van der Waals surface area contributed by atoms with Crippen LogP contribution in [-0.2, 0) is 19.9 Å². The second-order valence-corrected chi connectivity index (χ2v) is 7.72. The SMILES string of the molecule is O=S1(=O)CCCC(NS(=O)(=O)CCO)C1. The summed E-state index contributed by atoms with van der Waals surface area (Å²) < 4.78 is 47.2. The van der Waals surface area contributed by atoms with Crippen LogP contribution in [0.25, 0.3) is 0 Å². The van der Waals surface area contributed by atoms with Crippen LogP contribution in [0.5, 0.6) is 0 Å². The van der Waals surface area contributed by atoms with Gasteiger partial charge in [-0.1, -0.05) is 0 Å². The second-order valence-electron chi connectivity index (χ2n) is 3.61. The lowest BCUT2D eigenvalue weighted by molar-refractivity contribution is 0.319. The summed E-state index contributed by atoms with van der Waals surface area (Å²) in [5.41, 5.74) is 0. The van der Waals surface area contributed by atoms with Gasteiger partial charge in [0.2, 0.25) is 10.0 Å². The minimum Gasteiger partial charge on any atom is -0.395 e. The van der Waals surface area contributed by atoms with Gasteiger partial charge in [-0.25, -0.2) is 21.6 Å². The Morgan fingerprint density at radius 1 is 1.40 bits per heavy atom. The molecule has 1 rings (SSSR count). The Labute approximate surface area is 89.7 Å². The highest BCUT2D eigenvalue weighted by Crippen LogP contribution is 2.12. The third-order valence-electron chi connectivity index (χ3n) is 2.17. The number of hydrogen-bond acceptors (Lipinski definition) is 5. The van der Waals surface area contributed by atoms with Gasteiger partial charge in [-0.3, -0.25) is 0 Å². The smallest absolute Gasteiger partial charge is 0.214 e. The number of aliphatic hydroxyl groups is 1. The minimum atomic E-state index is -3.55. The highest BCUT2D eigenvalue weighted by molar-refractivity contribution is 7.91. The van der Waals surface area contributed by atoms with Gasteiger partial charge >= 0.3 is 0 Å². The lowest BCUT2D eigenvalue weighted by Gasteiger charge is -2.22. The molecule has 0 aliphatic carbocycles. The molecule has 1 saturated heterocycles. The molecule has 1 heterocycles. The summed E-state index contributed by atoms with van der Waals surface area (Å²) >= 11 is 0. The van der Waals surface area contributed by atoms with Crippen molar-refractivity contribution in [3.8, 4) is 0 Å². The van der Waals surface area contributed by atoms with E-state index in [4.69, 9.17) is 5.11 Å². The van der Waals surface area contributed by atoms with Crippen molar-refractivity contribution >= 4 is 19.9 Å². The van der Waals surface area contributed by atoms with Gasteiger partial charge in [-0.15, -0.1) is 0 Å². The lowest BCUT2D eigenvalue weighted by Crippen LogP contribution is -2.44. The average Bonchev–Trinajstić information content (AvgIpc) is 1.99. The van der Waals surface area contributed by atoms with Crippen molar-refractivity contribution in [2.45, 2.75) is 18.9 Å². The van der Waals surface area contributed by atoms with E-state index in [1.54, 1.807) is 0 Å². The molecule has 1 aliphatic heterocycles. The fourth-order valence-electron chi connectivity index (χ4n) is 1.55. The van der Waals surface area contributed by atoms with E-state index in [1.165, 1.54) is 0 Å². The largest absolute Gasteiger partial charge is 0.395 e. The maximum absolute atomic E-state index is 11.2. The molecule has 1 fully saturated rings. The van der Waals surface area contributed by atoms with E-state index in [-0.39, 0.29) is 17.3 Å². The van der Waals surface area contributed by atoms with E-state index < -0.39 is 32.5 Å². The fraction of sp³-hybridized carbons (Fsp3) is 1.00. The normalized spacial score (nSPS) is 26.3. The topological polar surface area (TPSA) is 101 Å². The van der Waals surface area contributed by atoms with E-state index in [0.29, 0.717) is 12.8 Å². The van der Waals surface area contributed by atoms with Crippen molar-refractivity contribution in [3.63, 3.8) is 0 Å². The van der Waals surface area contributed by atoms with Crippen LogP contribution in [0.1, 0.15) is 12.8 Å². The molecule has 15 heavy (non-hydrogen) atoms. The van der Waals surface area contributed by atoms with Gasteiger partial charge in [0, 0.05) is 6.04 Å². The van der Waals surface area contributed by atoms with Crippen molar-refractivity contribution in [1.82, 2.24) is 4.72 Å². The van der Waals surface area contributed by atoms with Gasteiger partial charge in [0.05, 0.1) is 23.9 Å². The predicted molar refractivity (Wildman–Crippen MR) is 55.7 cm³/mol. The summed E-state index contributed by atoms with van der Waals surface area (Å²) in [6, 6.07) is -0.541. The van der Waals surface area contributed by atoms with Crippen molar-refractivity contribution in [2.75, 3.05) is 23.9 Å². The van der Waals surface area contributed by atoms with E-state index in [0.717, 1.165) is 0 Å². The molecular weight excluding hydrogens is 242 g/mol. The van der Waals surface area contributed by atoms with Gasteiger partial charge in [0.25, 0.3) is 0 Å². The molecule has 6 nitrogen and oxygen atoms in total. The lowest BCUT2D eigenvalue weighted by atomic mass is 10.2. The Kier molecular flexibility index (Phi) is 4.10. The fourth-order valence-corrected chi connectivity index (χ4v) is 4.36. The zero-order chi connectivity index (χ0) is 11.5. The summed E-state index contributed by atoms with van der Waals surface area (Å²) in [6.07, 6.45) is 1.01. The first-order chi connectivity index (χ1) is 6.85. The van der Waals surface area contributed by atoms with Crippen molar-refractivity contribution in [1.29, 1.82) is 0 Å². The highest BCUT2D eigenvalue weighted by Gasteiger charge is 2.27. The first-order valence-electron chi connectivity index (χ1n) is 4.66. The number of sulfonamides is 1. The van der Waals surface area contributed by atoms with E-state index in [9.17, 15) is 16.8 Å². The molecule has 0 aromatic heterocycles. The number of rotatable bonds is 4. The Hall–Kier alpha value is -0.180. The Balaban J connectivity index is 2.60. The summed E-state index contributed by atoms with van der Waals surface area (Å²) in [4.78, 5) is 0. The van der Waals surface area contributed by atoms with E-state index in [2.05, 4.69) is 4.72 Å². The third kappa shape index (κ3) is 4.45. The molecule has 0 spiro atoms. The van der Waals surface area contributed by atoms with E-state index in [1.807, 2.05) is 0 Å². The zero-order valence-electron chi connectivity index (χ0n) is 8.22. The molecule has 0 saturated carbocycles. The summed E-state index contributed by atoms with van der Waals surface area (Å²) in [5, 5.41) is 8.50. The van der Waals surface area contributed by atoms with Gasteiger partial charge < -0.3 is 5.11 Å². The van der Waals surface area contributed by atoms with Crippen LogP contribution in [0.15, 0.2) is 0 Å². The number of nitrogens with one attached hydrogen (secondary N) is 1. The molecule has 0 aromatic rings.